The van der Waals surface area contributed by atoms with Crippen LogP contribution in [0.3, 0.4) is 0 Å². The third-order valence-corrected chi connectivity index (χ3v) is 8.72. The number of aromatic nitrogens is 1. The number of nitrogens with two attached hydrogens (primary N) is 1. The number of hydrogen-bond donors (Lipinski definition) is 3. The average molecular weight is 541 g/mol. The lowest BCUT2D eigenvalue weighted by atomic mass is 9.63. The first-order valence-electron chi connectivity index (χ1n) is 14.2. The molecule has 4 N–H and O–H groups in total. The van der Waals surface area contributed by atoms with Crippen LogP contribution in [0, 0.1) is 5.92 Å². The highest BCUT2D eigenvalue weighted by Crippen LogP contribution is 2.46. The minimum atomic E-state index is -0.707. The Morgan fingerprint density at radius 3 is 2.27 bits per heavy atom. The van der Waals surface area contributed by atoms with Gasteiger partial charge in [0.1, 0.15) is 0 Å². The number of amides is 2. The molecule has 0 radical (unpaired) electrons. The lowest BCUT2D eigenvalue weighted by Crippen LogP contribution is -2.58. The summed E-state index contributed by atoms with van der Waals surface area (Å²) >= 11 is 0. The van der Waals surface area contributed by atoms with Crippen LogP contribution < -0.4 is 11.1 Å². The van der Waals surface area contributed by atoms with Crippen molar-refractivity contribution in [3.8, 4) is 22.4 Å². The van der Waals surface area contributed by atoms with Crippen molar-refractivity contribution in [2.45, 2.75) is 76.0 Å². The molecular formula is C33H40N4O3. The number of benzene rings is 2. The van der Waals surface area contributed by atoms with Gasteiger partial charge in [-0.3, -0.25) is 14.6 Å². The third-order valence-electron chi connectivity index (χ3n) is 8.72. The van der Waals surface area contributed by atoms with Gasteiger partial charge in [0, 0.05) is 43.1 Å². The summed E-state index contributed by atoms with van der Waals surface area (Å²) in [6.07, 6.45) is 7.03. The lowest BCUT2D eigenvalue weighted by Gasteiger charge is -2.49. The van der Waals surface area contributed by atoms with E-state index in [2.05, 4.69) is 5.32 Å². The average Bonchev–Trinajstić information content (AvgIpc) is 2.92. The van der Waals surface area contributed by atoms with Crippen LogP contribution >= 0.6 is 0 Å². The van der Waals surface area contributed by atoms with Gasteiger partial charge in [-0.25, -0.2) is 0 Å². The predicted octanol–water partition coefficient (Wildman–Crippen LogP) is 5.48. The van der Waals surface area contributed by atoms with Crippen LogP contribution in [0.4, 0.5) is 5.69 Å². The summed E-state index contributed by atoms with van der Waals surface area (Å²) < 4.78 is 0. The Morgan fingerprint density at radius 2 is 1.68 bits per heavy atom. The van der Waals surface area contributed by atoms with Gasteiger partial charge in [-0.1, -0.05) is 54.6 Å². The van der Waals surface area contributed by atoms with E-state index in [4.69, 9.17) is 10.7 Å². The Bertz CT molecular complexity index is 1350. The van der Waals surface area contributed by atoms with E-state index < -0.39 is 11.1 Å². The first-order chi connectivity index (χ1) is 19.0. The van der Waals surface area contributed by atoms with Crippen molar-refractivity contribution in [3.05, 3.63) is 72.4 Å². The molecule has 0 atom stereocenters. The van der Waals surface area contributed by atoms with Crippen molar-refractivity contribution >= 4 is 17.5 Å². The molecule has 0 saturated heterocycles. The fraction of sp³-hybridized carbons (Fsp3) is 0.424. The second-order valence-electron chi connectivity index (χ2n) is 12.1. The third kappa shape index (κ3) is 6.11. The molecule has 7 nitrogen and oxygen atoms in total. The Balaban J connectivity index is 1.30. The van der Waals surface area contributed by atoms with Gasteiger partial charge in [0.2, 0.25) is 11.8 Å². The largest absolute Gasteiger partial charge is 0.390 e. The van der Waals surface area contributed by atoms with Crippen LogP contribution in [-0.4, -0.2) is 45.5 Å². The molecule has 2 aliphatic rings. The summed E-state index contributed by atoms with van der Waals surface area (Å²) in [5.41, 5.74) is 10.8. The monoisotopic (exact) mass is 540 g/mol. The number of carbonyl (C=O) groups excluding carboxylic acids is 2. The van der Waals surface area contributed by atoms with Gasteiger partial charge in [-0.15, -0.1) is 0 Å². The Labute approximate surface area is 236 Å². The molecule has 40 heavy (non-hydrogen) atoms. The molecule has 2 saturated carbocycles. The maximum absolute atomic E-state index is 13.0. The fourth-order valence-corrected chi connectivity index (χ4v) is 6.54. The van der Waals surface area contributed by atoms with Gasteiger partial charge < -0.3 is 21.1 Å². The first-order valence-corrected chi connectivity index (χ1v) is 14.2. The van der Waals surface area contributed by atoms with E-state index in [0.717, 1.165) is 53.6 Å². The molecular weight excluding hydrogens is 500 g/mol. The smallest absolute Gasteiger partial charge is 0.224 e. The minimum Gasteiger partial charge on any atom is -0.390 e. The van der Waals surface area contributed by atoms with E-state index in [9.17, 15) is 14.7 Å². The van der Waals surface area contributed by atoms with Crippen LogP contribution in [0.5, 0.6) is 0 Å². The summed E-state index contributed by atoms with van der Waals surface area (Å²) in [6, 6.07) is 20.4. The van der Waals surface area contributed by atoms with Gasteiger partial charge >= 0.3 is 0 Å². The number of anilines is 1. The molecule has 3 aromatic rings. The van der Waals surface area contributed by atoms with Crippen molar-refractivity contribution < 1.29 is 14.7 Å². The van der Waals surface area contributed by atoms with Gasteiger partial charge in [0.25, 0.3) is 0 Å². The number of nitrogens with one attached hydrogen (secondary N) is 1. The van der Waals surface area contributed by atoms with Crippen LogP contribution in [-0.2, 0) is 15.1 Å². The number of nitrogens with zero attached hydrogens (tertiary/aromatic N) is 2. The van der Waals surface area contributed by atoms with E-state index in [0.29, 0.717) is 30.9 Å². The number of aliphatic hydroxyl groups is 1. The molecule has 0 unspecified atom stereocenters. The summed E-state index contributed by atoms with van der Waals surface area (Å²) in [7, 11) is 1.86. The summed E-state index contributed by atoms with van der Waals surface area (Å²) in [6.45, 7) is 3.43. The normalized spacial score (nSPS) is 26.0. The summed E-state index contributed by atoms with van der Waals surface area (Å²) in [4.78, 5) is 31.3. The quantitative estimate of drug-likeness (QED) is 0.368. The minimum absolute atomic E-state index is 0.00841. The molecule has 1 aromatic heterocycles. The number of hydrogen-bond acceptors (Lipinski definition) is 5. The van der Waals surface area contributed by atoms with Crippen molar-refractivity contribution in [1.29, 1.82) is 0 Å². The van der Waals surface area contributed by atoms with Gasteiger partial charge in [0.05, 0.1) is 23.2 Å². The van der Waals surface area contributed by atoms with Crippen LogP contribution in [0.25, 0.3) is 22.4 Å². The van der Waals surface area contributed by atoms with Crippen molar-refractivity contribution in [1.82, 2.24) is 9.88 Å². The van der Waals surface area contributed by atoms with Crippen LogP contribution in [0.1, 0.15) is 64.4 Å². The van der Waals surface area contributed by atoms with Crippen molar-refractivity contribution in [2.75, 3.05) is 12.4 Å². The second-order valence-corrected chi connectivity index (χ2v) is 12.1. The lowest BCUT2D eigenvalue weighted by molar-refractivity contribution is -0.130. The molecule has 2 fully saturated rings. The first kappa shape index (κ1) is 28.0. The maximum Gasteiger partial charge on any atom is 0.224 e. The highest BCUT2D eigenvalue weighted by Gasteiger charge is 2.49. The Kier molecular flexibility index (Phi) is 7.80. The molecule has 5 rings (SSSR count). The molecule has 0 bridgehead atoms. The maximum atomic E-state index is 13.0. The molecule has 0 aliphatic heterocycles. The molecule has 0 spiro atoms. The molecule has 2 amide bonds. The zero-order valence-corrected chi connectivity index (χ0v) is 23.7. The molecule has 1 heterocycles. The highest BCUT2D eigenvalue weighted by molar-refractivity contribution is 5.93. The van der Waals surface area contributed by atoms with Crippen LogP contribution in [0.2, 0.25) is 0 Å². The highest BCUT2D eigenvalue weighted by atomic mass is 16.3. The zero-order chi connectivity index (χ0) is 28.5. The van der Waals surface area contributed by atoms with E-state index in [1.165, 1.54) is 0 Å². The standard InChI is InChI=1S/C33H40N4O3/c1-22(38)37(3)28-15-9-23(10-16-28)17-30(39)36-27-18-29(24-7-5-4-6-8-24)31(35-19-27)25-11-13-26(14-12-25)33(34)20-32(2,40)21-33/h4-8,11-14,18-19,23,28,40H,9-10,15-17,20-21,34H2,1-3H3,(H,36,39)/t23?,28?,32-,33-. The second kappa shape index (κ2) is 11.1. The number of rotatable bonds is 7. The van der Waals surface area contributed by atoms with Crippen molar-refractivity contribution in [2.24, 2.45) is 11.7 Å². The van der Waals surface area contributed by atoms with Gasteiger partial charge in [-0.2, -0.15) is 0 Å². The molecule has 2 aromatic carbocycles. The molecule has 2 aliphatic carbocycles. The zero-order valence-electron chi connectivity index (χ0n) is 23.7. The summed E-state index contributed by atoms with van der Waals surface area (Å²) in [5.74, 6) is 0.408. The topological polar surface area (TPSA) is 109 Å². The van der Waals surface area contributed by atoms with Crippen molar-refractivity contribution in [3.63, 3.8) is 0 Å². The summed E-state index contributed by atoms with van der Waals surface area (Å²) in [5, 5.41) is 13.3. The predicted molar refractivity (Wildman–Crippen MR) is 158 cm³/mol. The SMILES string of the molecule is CC(=O)N(C)C1CCC(CC(=O)Nc2cnc(-c3ccc([C@]4(N)C[C@](C)(O)C4)cc3)c(-c3ccccc3)c2)CC1. The van der Waals surface area contributed by atoms with Gasteiger partial charge in [-0.05, 0) is 68.6 Å². The van der Waals surface area contributed by atoms with E-state index >= 15 is 0 Å². The fourth-order valence-electron chi connectivity index (χ4n) is 6.54. The Hall–Kier alpha value is -3.55. The molecule has 210 valence electrons. The number of pyridine rings is 1. The van der Waals surface area contributed by atoms with Crippen LogP contribution in [0.15, 0.2) is 66.9 Å². The molecule has 7 heteroatoms. The van der Waals surface area contributed by atoms with E-state index in [1.807, 2.05) is 79.5 Å². The van der Waals surface area contributed by atoms with E-state index in [-0.39, 0.29) is 17.9 Å². The Morgan fingerprint density at radius 1 is 1.02 bits per heavy atom. The van der Waals surface area contributed by atoms with Gasteiger partial charge in [0.15, 0.2) is 0 Å². The number of carbonyl (C=O) groups is 2. The van der Waals surface area contributed by atoms with E-state index in [1.54, 1.807) is 13.1 Å².